The molecule has 0 atom stereocenters. The molecule has 2 N–H and O–H groups in total. The van der Waals surface area contributed by atoms with Gasteiger partial charge in [-0.3, -0.25) is 0 Å². The molecule has 0 aliphatic rings. The molecule has 0 aliphatic heterocycles. The summed E-state index contributed by atoms with van der Waals surface area (Å²) in [4.78, 5) is 0. The summed E-state index contributed by atoms with van der Waals surface area (Å²) in [6.45, 7) is 4.16. The second kappa shape index (κ2) is 20.7. The molecule has 0 aromatic rings. The monoisotopic (exact) mass is 482 g/mol. The number of rotatable bonds is 24. The van der Waals surface area contributed by atoms with Gasteiger partial charge in [0.05, 0.1) is 0 Å². The average molecular weight is 483 g/mol. The second-order valence-corrected chi connectivity index (χ2v) is 14.0. The third kappa shape index (κ3) is 14.8. The van der Waals surface area contributed by atoms with Crippen LogP contribution in [0.15, 0.2) is 0 Å². The topological polar surface area (TPSA) is 79.4 Å². The highest BCUT2D eigenvalue weighted by Crippen LogP contribution is 2.15. The molecular formula is C21H50N2O6Si2. The lowest BCUT2D eigenvalue weighted by molar-refractivity contribution is 0.122. The van der Waals surface area contributed by atoms with Crippen LogP contribution in [-0.4, -0.2) is 86.4 Å². The minimum absolute atomic E-state index is 0.855. The highest BCUT2D eigenvalue weighted by molar-refractivity contribution is 6.60. The Balaban J connectivity index is 3.35. The third-order valence-corrected chi connectivity index (χ3v) is 11.4. The third-order valence-electron chi connectivity index (χ3n) is 5.75. The number of hydrogen-bond donors (Lipinski definition) is 2. The fourth-order valence-electron chi connectivity index (χ4n) is 3.61. The summed E-state index contributed by atoms with van der Waals surface area (Å²) in [7, 11) is 5.23. The van der Waals surface area contributed by atoms with Crippen LogP contribution >= 0.6 is 0 Å². The second-order valence-electron chi connectivity index (χ2n) is 7.77. The maximum absolute atomic E-state index is 5.44. The van der Waals surface area contributed by atoms with Crippen LogP contribution in [0.4, 0.5) is 0 Å². The van der Waals surface area contributed by atoms with Gasteiger partial charge in [0.1, 0.15) is 0 Å². The van der Waals surface area contributed by atoms with Crippen molar-refractivity contribution < 1.29 is 26.6 Å². The average Bonchev–Trinajstić information content (AvgIpc) is 2.82. The van der Waals surface area contributed by atoms with E-state index < -0.39 is 17.6 Å². The van der Waals surface area contributed by atoms with E-state index in [1.165, 1.54) is 44.9 Å². The van der Waals surface area contributed by atoms with Crippen LogP contribution < -0.4 is 10.6 Å². The van der Waals surface area contributed by atoms with Crippen LogP contribution in [0.3, 0.4) is 0 Å². The number of hydrogen-bond acceptors (Lipinski definition) is 8. The molecule has 0 aromatic carbocycles. The van der Waals surface area contributed by atoms with E-state index in [1.807, 2.05) is 0 Å². The SMILES string of the molecule is CO[Si](CCCNCCCCCCCCCNCCC[Si](OC)(OC)OC)(OC)OC. The lowest BCUT2D eigenvalue weighted by Gasteiger charge is -2.24. The fourth-order valence-corrected chi connectivity index (χ4v) is 7.05. The Morgan fingerprint density at radius 3 is 0.935 bits per heavy atom. The molecule has 0 radical (unpaired) electrons. The molecule has 0 unspecified atom stereocenters. The van der Waals surface area contributed by atoms with E-state index in [9.17, 15) is 0 Å². The predicted octanol–water partition coefficient (Wildman–Crippen LogP) is 3.43. The highest BCUT2D eigenvalue weighted by Gasteiger charge is 2.37. The predicted molar refractivity (Wildman–Crippen MR) is 130 cm³/mol. The van der Waals surface area contributed by atoms with Crippen molar-refractivity contribution in [3.8, 4) is 0 Å². The van der Waals surface area contributed by atoms with Crippen LogP contribution in [0.1, 0.15) is 57.8 Å². The van der Waals surface area contributed by atoms with Gasteiger partial charge in [-0.2, -0.15) is 0 Å². The summed E-state index contributed by atoms with van der Waals surface area (Å²) >= 11 is 0. The summed E-state index contributed by atoms with van der Waals surface area (Å²) in [6, 6.07) is 1.71. The molecule has 31 heavy (non-hydrogen) atoms. The maximum atomic E-state index is 5.44. The van der Waals surface area contributed by atoms with Crippen LogP contribution in [0.5, 0.6) is 0 Å². The van der Waals surface area contributed by atoms with Gasteiger partial charge in [0.2, 0.25) is 0 Å². The summed E-state index contributed by atoms with van der Waals surface area (Å²) in [5.41, 5.74) is 0. The zero-order chi connectivity index (χ0) is 23.3. The molecule has 0 amide bonds. The molecule has 0 saturated heterocycles. The molecule has 10 heteroatoms. The molecule has 8 nitrogen and oxygen atoms in total. The Kier molecular flexibility index (Phi) is 20.8. The van der Waals surface area contributed by atoms with E-state index in [1.54, 1.807) is 42.7 Å². The van der Waals surface area contributed by atoms with Crippen molar-refractivity contribution in [2.45, 2.75) is 69.9 Å². The van der Waals surface area contributed by atoms with Gasteiger partial charge in [-0.15, -0.1) is 0 Å². The van der Waals surface area contributed by atoms with E-state index >= 15 is 0 Å². The minimum atomic E-state index is -2.40. The summed E-state index contributed by atoms with van der Waals surface area (Å²) in [5.74, 6) is 0. The Bertz CT molecular complexity index is 338. The van der Waals surface area contributed by atoms with Gasteiger partial charge in [-0.05, 0) is 51.9 Å². The molecule has 0 heterocycles. The van der Waals surface area contributed by atoms with Crippen molar-refractivity contribution in [3.05, 3.63) is 0 Å². The van der Waals surface area contributed by atoms with E-state index in [-0.39, 0.29) is 0 Å². The van der Waals surface area contributed by atoms with Crippen LogP contribution in [0.25, 0.3) is 0 Å². The largest absolute Gasteiger partial charge is 0.500 e. The van der Waals surface area contributed by atoms with E-state index in [2.05, 4.69) is 10.6 Å². The smallest absolute Gasteiger partial charge is 0.377 e. The van der Waals surface area contributed by atoms with Crippen molar-refractivity contribution in [1.29, 1.82) is 0 Å². The molecular weight excluding hydrogens is 432 g/mol. The summed E-state index contributed by atoms with van der Waals surface area (Å²) in [6.07, 6.45) is 11.2. The van der Waals surface area contributed by atoms with Gasteiger partial charge in [0.15, 0.2) is 0 Å². The Labute approximate surface area is 193 Å². The van der Waals surface area contributed by atoms with Gasteiger partial charge in [-0.1, -0.05) is 32.1 Å². The molecule has 0 bridgehead atoms. The van der Waals surface area contributed by atoms with Crippen LogP contribution in [-0.2, 0) is 26.6 Å². The van der Waals surface area contributed by atoms with Gasteiger partial charge < -0.3 is 37.2 Å². The first-order chi connectivity index (χ1) is 15.1. The van der Waals surface area contributed by atoms with Crippen molar-refractivity contribution in [1.82, 2.24) is 10.6 Å². The maximum Gasteiger partial charge on any atom is 0.500 e. The van der Waals surface area contributed by atoms with Crippen molar-refractivity contribution >= 4 is 17.6 Å². The van der Waals surface area contributed by atoms with Crippen molar-refractivity contribution in [2.75, 3.05) is 68.8 Å². The van der Waals surface area contributed by atoms with Crippen molar-refractivity contribution in [3.63, 3.8) is 0 Å². The van der Waals surface area contributed by atoms with E-state index in [4.69, 9.17) is 26.6 Å². The highest BCUT2D eigenvalue weighted by atomic mass is 28.4. The molecule has 0 fully saturated rings. The summed E-state index contributed by atoms with van der Waals surface area (Å²) in [5, 5.41) is 7.02. The molecule has 0 spiro atoms. The standard InChI is InChI=1S/C21H50N2O6Si2/c1-24-30(25-2,26-3)20-14-18-22-16-12-10-8-7-9-11-13-17-23-19-15-21-31(27-4,28-5)29-6/h22-23H,7-21H2,1-6H3. The zero-order valence-corrected chi connectivity index (χ0v) is 23.1. The van der Waals surface area contributed by atoms with Gasteiger partial charge in [0, 0.05) is 54.7 Å². The van der Waals surface area contributed by atoms with E-state index in [0.717, 1.165) is 51.1 Å². The van der Waals surface area contributed by atoms with Crippen LogP contribution in [0.2, 0.25) is 12.1 Å². The number of nitrogens with one attached hydrogen (secondary N) is 2. The zero-order valence-electron chi connectivity index (χ0n) is 21.1. The molecule has 0 rings (SSSR count). The quantitative estimate of drug-likeness (QED) is 0.160. The lowest BCUT2D eigenvalue weighted by Crippen LogP contribution is -2.43. The van der Waals surface area contributed by atoms with Gasteiger partial charge >= 0.3 is 17.6 Å². The fraction of sp³-hybridized carbons (Fsp3) is 1.00. The Hall–Kier alpha value is 0.114. The minimum Gasteiger partial charge on any atom is -0.377 e. The van der Waals surface area contributed by atoms with Gasteiger partial charge in [0.25, 0.3) is 0 Å². The molecule has 0 aliphatic carbocycles. The van der Waals surface area contributed by atoms with Gasteiger partial charge in [-0.25, -0.2) is 0 Å². The Morgan fingerprint density at radius 1 is 0.387 bits per heavy atom. The molecule has 0 aromatic heterocycles. The van der Waals surface area contributed by atoms with E-state index in [0.29, 0.717) is 0 Å². The summed E-state index contributed by atoms with van der Waals surface area (Å²) < 4.78 is 32.6. The lowest BCUT2D eigenvalue weighted by atomic mass is 10.1. The first kappa shape index (κ1) is 31.1. The Morgan fingerprint density at radius 2 is 0.645 bits per heavy atom. The first-order valence-electron chi connectivity index (χ1n) is 11.8. The van der Waals surface area contributed by atoms with Crippen molar-refractivity contribution in [2.24, 2.45) is 0 Å². The van der Waals surface area contributed by atoms with Crippen LogP contribution in [0, 0.1) is 0 Å². The first-order valence-corrected chi connectivity index (χ1v) is 15.7. The number of unbranched alkanes of at least 4 members (excludes halogenated alkanes) is 6. The normalized spacial score (nSPS) is 12.6. The molecule has 0 saturated carbocycles. The molecule has 188 valence electrons.